The number of rotatable bonds is 10. The van der Waals surface area contributed by atoms with Crippen molar-refractivity contribution in [3.8, 4) is 17.2 Å². The van der Waals surface area contributed by atoms with Gasteiger partial charge in [0.05, 0.1) is 27.9 Å². The molecule has 0 aromatic heterocycles. The van der Waals surface area contributed by atoms with Crippen molar-refractivity contribution in [3.05, 3.63) is 35.9 Å². The predicted octanol–water partition coefficient (Wildman–Crippen LogP) is 1.11. The van der Waals surface area contributed by atoms with Crippen molar-refractivity contribution in [2.24, 2.45) is 0 Å². The Bertz CT molecular complexity index is 956. The molecule has 0 radical (unpaired) electrons. The Morgan fingerprint density at radius 2 is 1.41 bits per heavy atom. The molecule has 0 saturated carbocycles. The number of amides is 2. The Kier molecular flexibility index (Phi) is 13.3. The van der Waals surface area contributed by atoms with Crippen molar-refractivity contribution in [2.75, 3.05) is 54.1 Å². The van der Waals surface area contributed by atoms with E-state index in [-0.39, 0.29) is 17.9 Å². The third kappa shape index (κ3) is 11.5. The lowest BCUT2D eigenvalue weighted by Gasteiger charge is -2.33. The number of hydrogen-bond acceptors (Lipinski definition) is 8. The smallest absolute Gasteiger partial charge is 0.328 e. The number of benzene rings is 1. The summed E-state index contributed by atoms with van der Waals surface area (Å²) in [6.07, 6.45) is 4.39. The van der Waals surface area contributed by atoms with Gasteiger partial charge < -0.3 is 34.6 Å². The zero-order valence-corrected chi connectivity index (χ0v) is 21.7. The number of methoxy groups -OCH3 is 3. The maximum Gasteiger partial charge on any atom is 0.328 e. The first-order valence-electron chi connectivity index (χ1n) is 11.4. The maximum atomic E-state index is 12.5. The standard InChI is InChI=1S/C21H31N3O5.C4H4O4/c1-15(2)22-19(25)14-23-8-10-24(11-9-23)20(26)7-6-16-12-17(27-3)21(29-5)18(13-16)28-4;5-3(6)1-2-4(7)8/h6-7,12-13,15H,8-11,14H2,1-5H3,(H,22,25);1-2H,(H,5,6)(H,7,8). The number of hydrogen-bond donors (Lipinski definition) is 3. The summed E-state index contributed by atoms with van der Waals surface area (Å²) in [5, 5.41) is 18.5. The van der Waals surface area contributed by atoms with Gasteiger partial charge in [0.15, 0.2) is 11.5 Å². The van der Waals surface area contributed by atoms with E-state index in [1.165, 1.54) is 0 Å². The van der Waals surface area contributed by atoms with Crippen LogP contribution in [0.3, 0.4) is 0 Å². The summed E-state index contributed by atoms with van der Waals surface area (Å²) in [7, 11) is 4.65. The van der Waals surface area contributed by atoms with Crippen LogP contribution in [0.15, 0.2) is 30.4 Å². The molecule has 37 heavy (non-hydrogen) atoms. The molecule has 204 valence electrons. The number of ether oxygens (including phenoxy) is 3. The zero-order valence-electron chi connectivity index (χ0n) is 21.7. The second-order valence-corrected chi connectivity index (χ2v) is 8.13. The average Bonchev–Trinajstić information content (AvgIpc) is 2.85. The van der Waals surface area contributed by atoms with Crippen LogP contribution >= 0.6 is 0 Å². The van der Waals surface area contributed by atoms with E-state index in [1.807, 2.05) is 13.8 Å². The first-order chi connectivity index (χ1) is 17.5. The fourth-order valence-electron chi connectivity index (χ4n) is 3.31. The van der Waals surface area contributed by atoms with Crippen LogP contribution in [0, 0.1) is 0 Å². The molecule has 1 aromatic rings. The molecule has 0 bridgehead atoms. The Hall–Kier alpha value is -4.06. The van der Waals surface area contributed by atoms with Gasteiger partial charge >= 0.3 is 11.9 Å². The van der Waals surface area contributed by atoms with Crippen LogP contribution in [-0.2, 0) is 19.2 Å². The molecule has 12 nitrogen and oxygen atoms in total. The molecule has 1 aliphatic rings. The monoisotopic (exact) mass is 521 g/mol. The summed E-state index contributed by atoms with van der Waals surface area (Å²) >= 11 is 0. The topological polar surface area (TPSA) is 155 Å². The second-order valence-electron chi connectivity index (χ2n) is 8.13. The van der Waals surface area contributed by atoms with Gasteiger partial charge in [0.1, 0.15) is 0 Å². The third-order valence-corrected chi connectivity index (χ3v) is 4.97. The molecule has 0 atom stereocenters. The number of aliphatic carboxylic acids is 2. The Morgan fingerprint density at radius 1 is 0.892 bits per heavy atom. The quantitative estimate of drug-likeness (QED) is 0.381. The van der Waals surface area contributed by atoms with Gasteiger partial charge in [-0.05, 0) is 37.6 Å². The van der Waals surface area contributed by atoms with Gasteiger partial charge in [-0.2, -0.15) is 0 Å². The van der Waals surface area contributed by atoms with Crippen LogP contribution in [-0.4, -0.2) is 104 Å². The van der Waals surface area contributed by atoms with Crippen molar-refractivity contribution in [2.45, 2.75) is 19.9 Å². The molecule has 0 unspecified atom stereocenters. The maximum absolute atomic E-state index is 12.5. The van der Waals surface area contributed by atoms with Crippen molar-refractivity contribution in [1.82, 2.24) is 15.1 Å². The van der Waals surface area contributed by atoms with E-state index in [9.17, 15) is 19.2 Å². The van der Waals surface area contributed by atoms with Crippen molar-refractivity contribution in [3.63, 3.8) is 0 Å². The summed E-state index contributed by atoms with van der Waals surface area (Å²) in [4.78, 5) is 47.4. The minimum atomic E-state index is -1.26. The highest BCUT2D eigenvalue weighted by Crippen LogP contribution is 2.38. The van der Waals surface area contributed by atoms with Gasteiger partial charge in [0.25, 0.3) is 0 Å². The number of nitrogens with one attached hydrogen (secondary N) is 1. The number of carbonyl (C=O) groups excluding carboxylic acids is 2. The van der Waals surface area contributed by atoms with E-state index in [0.29, 0.717) is 62.1 Å². The fraction of sp³-hybridized carbons (Fsp3) is 0.440. The lowest BCUT2D eigenvalue weighted by atomic mass is 10.1. The normalized spacial score (nSPS) is 13.7. The number of carboxylic acids is 2. The highest BCUT2D eigenvalue weighted by molar-refractivity contribution is 5.92. The van der Waals surface area contributed by atoms with Gasteiger partial charge in [-0.3, -0.25) is 14.5 Å². The second kappa shape index (κ2) is 15.8. The SMILES string of the molecule is COc1cc(C=CC(=O)N2CCN(CC(=O)NC(C)C)CC2)cc(OC)c1OC.O=C(O)C=CC(=O)O. The molecule has 2 amide bonds. The molecule has 3 N–H and O–H groups in total. The van der Waals surface area contributed by atoms with Gasteiger partial charge in [0.2, 0.25) is 17.6 Å². The average molecular weight is 522 g/mol. The molecular formula is C25H35N3O9. The molecule has 1 aliphatic heterocycles. The molecule has 1 fully saturated rings. The lowest BCUT2D eigenvalue weighted by molar-refractivity contribution is -0.134. The Balaban J connectivity index is 0.000000738. The van der Waals surface area contributed by atoms with Crippen LogP contribution in [0.5, 0.6) is 17.2 Å². The lowest BCUT2D eigenvalue weighted by Crippen LogP contribution is -2.51. The molecule has 0 spiro atoms. The minimum absolute atomic E-state index is 0.0158. The summed E-state index contributed by atoms with van der Waals surface area (Å²) in [6.45, 7) is 6.77. The van der Waals surface area contributed by atoms with Crippen LogP contribution in [0.1, 0.15) is 19.4 Å². The fourth-order valence-corrected chi connectivity index (χ4v) is 3.31. The van der Waals surface area contributed by atoms with Crippen LogP contribution in [0.4, 0.5) is 0 Å². The van der Waals surface area contributed by atoms with Gasteiger partial charge in [-0.1, -0.05) is 0 Å². The third-order valence-electron chi connectivity index (χ3n) is 4.97. The largest absolute Gasteiger partial charge is 0.493 e. The molecule has 12 heteroatoms. The first-order valence-corrected chi connectivity index (χ1v) is 11.4. The van der Waals surface area contributed by atoms with Crippen molar-refractivity contribution < 1.29 is 43.6 Å². The highest BCUT2D eigenvalue weighted by Gasteiger charge is 2.21. The van der Waals surface area contributed by atoms with Crippen LogP contribution in [0.25, 0.3) is 6.08 Å². The van der Waals surface area contributed by atoms with E-state index < -0.39 is 11.9 Å². The molecular weight excluding hydrogens is 486 g/mol. The summed E-state index contributed by atoms with van der Waals surface area (Å²) in [5.74, 6) is -0.984. The molecule has 1 saturated heterocycles. The van der Waals surface area contributed by atoms with Crippen molar-refractivity contribution in [1.29, 1.82) is 0 Å². The predicted molar refractivity (Wildman–Crippen MR) is 136 cm³/mol. The van der Waals surface area contributed by atoms with E-state index in [0.717, 1.165) is 5.56 Å². The molecule has 0 aliphatic carbocycles. The summed E-state index contributed by atoms with van der Waals surface area (Å²) in [5.41, 5.74) is 0.775. The summed E-state index contributed by atoms with van der Waals surface area (Å²) < 4.78 is 16.0. The number of piperazine rings is 1. The van der Waals surface area contributed by atoms with E-state index in [4.69, 9.17) is 24.4 Å². The Labute approximate surface area is 216 Å². The molecule has 1 aromatic carbocycles. The number of nitrogens with zero attached hydrogens (tertiary/aromatic N) is 2. The van der Waals surface area contributed by atoms with Crippen LogP contribution < -0.4 is 19.5 Å². The van der Waals surface area contributed by atoms with Gasteiger partial charge in [0, 0.05) is 50.4 Å². The van der Waals surface area contributed by atoms with Crippen LogP contribution in [0.2, 0.25) is 0 Å². The number of carbonyl (C=O) groups is 4. The van der Waals surface area contributed by atoms with E-state index in [1.54, 1.807) is 50.5 Å². The summed E-state index contributed by atoms with van der Waals surface area (Å²) in [6, 6.07) is 3.71. The van der Waals surface area contributed by atoms with Gasteiger partial charge in [-0.25, -0.2) is 9.59 Å². The zero-order chi connectivity index (χ0) is 28.0. The van der Waals surface area contributed by atoms with Crippen molar-refractivity contribution >= 4 is 29.8 Å². The highest BCUT2D eigenvalue weighted by atomic mass is 16.5. The number of carboxylic acid groups (broad SMARTS) is 2. The molecule has 1 heterocycles. The first kappa shape index (κ1) is 31.0. The minimum Gasteiger partial charge on any atom is -0.493 e. The van der Waals surface area contributed by atoms with Gasteiger partial charge in [-0.15, -0.1) is 0 Å². The van der Waals surface area contributed by atoms with E-state index >= 15 is 0 Å². The Morgan fingerprint density at radius 3 is 1.81 bits per heavy atom. The van der Waals surface area contributed by atoms with E-state index in [2.05, 4.69) is 10.2 Å². The molecule has 2 rings (SSSR count).